The molecule has 1 aromatic carbocycles. The van der Waals surface area contributed by atoms with E-state index in [1.54, 1.807) is 26.0 Å². The van der Waals surface area contributed by atoms with E-state index in [0.717, 1.165) is 10.6 Å². The van der Waals surface area contributed by atoms with Crippen molar-refractivity contribution in [1.82, 2.24) is 10.2 Å². The highest BCUT2D eigenvalue weighted by Gasteiger charge is 2.13. The van der Waals surface area contributed by atoms with E-state index in [9.17, 15) is 9.59 Å². The number of aromatic carboxylic acids is 1. The molecule has 0 saturated heterocycles. The van der Waals surface area contributed by atoms with Gasteiger partial charge >= 0.3 is 12.0 Å². The monoisotopic (exact) mass is 292 g/mol. The lowest BCUT2D eigenvalue weighted by Crippen LogP contribution is -2.21. The number of nitrogens with one attached hydrogen (secondary N) is 2. The van der Waals surface area contributed by atoms with Crippen molar-refractivity contribution in [1.29, 1.82) is 0 Å². The average Bonchev–Trinajstić information content (AvgIpc) is 2.76. The van der Waals surface area contributed by atoms with Gasteiger partial charge in [-0.1, -0.05) is 23.0 Å². The van der Waals surface area contributed by atoms with Crippen molar-refractivity contribution in [3.63, 3.8) is 0 Å². The van der Waals surface area contributed by atoms with Crippen LogP contribution >= 0.6 is 11.3 Å². The number of hydrogen-bond donors (Lipinski definition) is 3. The Hall–Kier alpha value is -2.48. The number of carboxylic acid groups (broad SMARTS) is 1. The molecule has 1 aromatic heterocycles. The number of carboxylic acids is 1. The maximum absolute atomic E-state index is 11.8. The highest BCUT2D eigenvalue weighted by atomic mass is 32.1. The quantitative estimate of drug-likeness (QED) is 0.806. The van der Waals surface area contributed by atoms with E-state index in [-0.39, 0.29) is 11.3 Å². The van der Waals surface area contributed by atoms with Crippen molar-refractivity contribution in [2.45, 2.75) is 13.8 Å². The molecule has 2 aromatic rings. The molecule has 20 heavy (non-hydrogen) atoms. The zero-order valence-corrected chi connectivity index (χ0v) is 11.6. The summed E-state index contributed by atoms with van der Waals surface area (Å²) in [6.07, 6.45) is 0. The number of anilines is 2. The van der Waals surface area contributed by atoms with Crippen molar-refractivity contribution in [2.75, 3.05) is 10.6 Å². The Bertz CT molecular complexity index is 668. The number of amides is 2. The fraction of sp³-hybridized carbons (Fsp3) is 0.167. The molecule has 0 atom stereocenters. The number of carbonyl (C=O) groups excluding carboxylic acids is 1. The molecule has 0 saturated carbocycles. The van der Waals surface area contributed by atoms with Crippen LogP contribution in [-0.2, 0) is 0 Å². The number of aryl methyl sites for hydroxylation is 2. The fourth-order valence-corrected chi connectivity index (χ4v) is 2.13. The van der Waals surface area contributed by atoms with Gasteiger partial charge in [0, 0.05) is 0 Å². The molecule has 7 nitrogen and oxygen atoms in total. The van der Waals surface area contributed by atoms with Crippen molar-refractivity contribution in [3.8, 4) is 0 Å². The normalized spacial score (nSPS) is 10.1. The van der Waals surface area contributed by atoms with Gasteiger partial charge in [0.05, 0.1) is 11.3 Å². The van der Waals surface area contributed by atoms with Crippen LogP contribution < -0.4 is 10.6 Å². The van der Waals surface area contributed by atoms with Crippen LogP contribution in [0.4, 0.5) is 15.6 Å². The number of rotatable bonds is 3. The number of hydrogen-bond acceptors (Lipinski definition) is 5. The Morgan fingerprint density at radius 1 is 1.20 bits per heavy atom. The number of nitrogens with zero attached hydrogens (tertiary/aromatic N) is 2. The van der Waals surface area contributed by atoms with Gasteiger partial charge in [-0.25, -0.2) is 9.59 Å². The van der Waals surface area contributed by atoms with Crippen LogP contribution in [0.1, 0.15) is 20.9 Å². The van der Waals surface area contributed by atoms with E-state index in [1.165, 1.54) is 17.4 Å². The molecule has 0 aliphatic heterocycles. The van der Waals surface area contributed by atoms with E-state index in [4.69, 9.17) is 5.11 Å². The summed E-state index contributed by atoms with van der Waals surface area (Å²) >= 11 is 1.23. The topological polar surface area (TPSA) is 104 Å². The molecule has 0 spiro atoms. The zero-order chi connectivity index (χ0) is 14.7. The summed E-state index contributed by atoms with van der Waals surface area (Å²) in [5, 5.41) is 22.7. The smallest absolute Gasteiger partial charge is 0.337 e. The Morgan fingerprint density at radius 3 is 2.55 bits per heavy atom. The van der Waals surface area contributed by atoms with Crippen LogP contribution in [0.5, 0.6) is 0 Å². The number of urea groups is 1. The molecule has 2 rings (SSSR count). The van der Waals surface area contributed by atoms with E-state index in [1.807, 2.05) is 0 Å². The Balaban J connectivity index is 2.13. The maximum atomic E-state index is 11.8. The molecule has 0 unspecified atom stereocenters. The molecule has 8 heteroatoms. The van der Waals surface area contributed by atoms with Gasteiger partial charge in [-0.2, -0.15) is 0 Å². The second-order valence-electron chi connectivity index (χ2n) is 4.06. The van der Waals surface area contributed by atoms with Gasteiger partial charge < -0.3 is 10.4 Å². The SMILES string of the molecule is Cc1ccc(NC(=O)Nc2nnc(C)s2)c(C(=O)O)c1. The minimum atomic E-state index is -1.10. The summed E-state index contributed by atoms with van der Waals surface area (Å²) in [5.74, 6) is -1.10. The van der Waals surface area contributed by atoms with Gasteiger partial charge in [-0.3, -0.25) is 5.32 Å². The molecule has 0 aliphatic carbocycles. The molecule has 1 heterocycles. The molecular weight excluding hydrogens is 280 g/mol. The van der Waals surface area contributed by atoms with E-state index in [2.05, 4.69) is 20.8 Å². The summed E-state index contributed by atoms with van der Waals surface area (Å²) in [6, 6.07) is 4.20. The predicted molar refractivity (Wildman–Crippen MR) is 75.4 cm³/mol. The lowest BCUT2D eigenvalue weighted by atomic mass is 10.1. The lowest BCUT2D eigenvalue weighted by molar-refractivity contribution is 0.0698. The van der Waals surface area contributed by atoms with Crippen molar-refractivity contribution >= 4 is 34.2 Å². The van der Waals surface area contributed by atoms with E-state index < -0.39 is 12.0 Å². The molecule has 0 fully saturated rings. The first-order valence-electron chi connectivity index (χ1n) is 5.68. The largest absolute Gasteiger partial charge is 0.478 e. The van der Waals surface area contributed by atoms with Crippen LogP contribution in [0.3, 0.4) is 0 Å². The standard InChI is InChI=1S/C12H12N4O3S/c1-6-3-4-9(8(5-6)10(17)18)13-11(19)14-12-16-15-7(2)20-12/h3-5H,1-2H3,(H,17,18)(H2,13,14,16,19). The Labute approximate surface area is 118 Å². The highest BCUT2D eigenvalue weighted by molar-refractivity contribution is 7.15. The van der Waals surface area contributed by atoms with Crippen molar-refractivity contribution in [3.05, 3.63) is 34.3 Å². The Morgan fingerprint density at radius 2 is 1.95 bits per heavy atom. The third-order valence-electron chi connectivity index (χ3n) is 2.40. The molecule has 3 N–H and O–H groups in total. The van der Waals surface area contributed by atoms with Crippen LogP contribution in [0.25, 0.3) is 0 Å². The van der Waals surface area contributed by atoms with E-state index in [0.29, 0.717) is 5.13 Å². The molecule has 2 amide bonds. The van der Waals surface area contributed by atoms with Crippen molar-refractivity contribution < 1.29 is 14.7 Å². The predicted octanol–water partition coefficient (Wildman–Crippen LogP) is 2.50. The number of aromatic nitrogens is 2. The summed E-state index contributed by atoms with van der Waals surface area (Å²) in [6.45, 7) is 3.55. The van der Waals surface area contributed by atoms with E-state index >= 15 is 0 Å². The third kappa shape index (κ3) is 3.29. The van der Waals surface area contributed by atoms with Gasteiger partial charge in [0.15, 0.2) is 0 Å². The summed E-state index contributed by atoms with van der Waals surface area (Å²) in [4.78, 5) is 22.9. The number of benzene rings is 1. The van der Waals surface area contributed by atoms with Crippen LogP contribution in [-0.4, -0.2) is 27.3 Å². The summed E-state index contributed by atoms with van der Waals surface area (Å²) in [5.41, 5.74) is 1.06. The molecule has 104 valence electrons. The first-order chi connectivity index (χ1) is 9.45. The second-order valence-corrected chi connectivity index (χ2v) is 5.24. The van der Waals surface area contributed by atoms with Crippen LogP contribution in [0, 0.1) is 13.8 Å². The first-order valence-corrected chi connectivity index (χ1v) is 6.49. The third-order valence-corrected chi connectivity index (χ3v) is 3.15. The van der Waals surface area contributed by atoms with Crippen molar-refractivity contribution in [2.24, 2.45) is 0 Å². The second kappa shape index (κ2) is 5.66. The minimum absolute atomic E-state index is 0.0357. The van der Waals surface area contributed by atoms with Gasteiger partial charge in [0.2, 0.25) is 5.13 Å². The molecular formula is C12H12N4O3S. The number of carbonyl (C=O) groups is 2. The maximum Gasteiger partial charge on any atom is 0.337 e. The summed E-state index contributed by atoms with van der Waals surface area (Å²) < 4.78 is 0. The molecule has 0 bridgehead atoms. The van der Waals surface area contributed by atoms with Gasteiger partial charge in [0.1, 0.15) is 5.01 Å². The van der Waals surface area contributed by atoms with Gasteiger partial charge in [-0.05, 0) is 26.0 Å². The summed E-state index contributed by atoms with van der Waals surface area (Å²) in [7, 11) is 0. The fourth-order valence-electron chi connectivity index (χ4n) is 1.54. The van der Waals surface area contributed by atoms with Gasteiger partial charge in [-0.15, -0.1) is 10.2 Å². The molecule has 0 aliphatic rings. The highest BCUT2D eigenvalue weighted by Crippen LogP contribution is 2.19. The molecule has 0 radical (unpaired) electrons. The average molecular weight is 292 g/mol. The van der Waals surface area contributed by atoms with Gasteiger partial charge in [0.25, 0.3) is 0 Å². The first kappa shape index (κ1) is 13.9. The van der Waals surface area contributed by atoms with Crippen LogP contribution in [0.15, 0.2) is 18.2 Å². The minimum Gasteiger partial charge on any atom is -0.478 e. The zero-order valence-electron chi connectivity index (χ0n) is 10.8. The Kier molecular flexibility index (Phi) is 3.94. The lowest BCUT2D eigenvalue weighted by Gasteiger charge is -2.09. The van der Waals surface area contributed by atoms with Crippen LogP contribution in [0.2, 0.25) is 0 Å².